The summed E-state index contributed by atoms with van der Waals surface area (Å²) in [6.07, 6.45) is 0.732. The van der Waals surface area contributed by atoms with E-state index < -0.39 is 5.97 Å². The Morgan fingerprint density at radius 2 is 1.95 bits per heavy atom. The van der Waals surface area contributed by atoms with Crippen molar-refractivity contribution in [1.29, 1.82) is 0 Å². The summed E-state index contributed by atoms with van der Waals surface area (Å²) in [6, 6.07) is 9.03. The zero-order valence-electron chi connectivity index (χ0n) is 11.6. The van der Waals surface area contributed by atoms with Crippen molar-refractivity contribution in [3.63, 3.8) is 0 Å². The van der Waals surface area contributed by atoms with Gasteiger partial charge < -0.3 is 14.8 Å². The van der Waals surface area contributed by atoms with E-state index in [1.807, 2.05) is 0 Å². The van der Waals surface area contributed by atoms with Gasteiger partial charge in [0.15, 0.2) is 0 Å². The number of furan rings is 1. The van der Waals surface area contributed by atoms with E-state index in [0.717, 1.165) is 12.0 Å². The van der Waals surface area contributed by atoms with Crippen molar-refractivity contribution in [3.05, 3.63) is 59.3 Å². The molecular weight excluding hydrogens is 289 g/mol. The van der Waals surface area contributed by atoms with Crippen LogP contribution in [0.15, 0.2) is 40.8 Å². The molecule has 1 heterocycles. The molecule has 1 aliphatic carbocycles. The zero-order valence-corrected chi connectivity index (χ0v) is 11.6. The van der Waals surface area contributed by atoms with Gasteiger partial charge in [0.1, 0.15) is 11.6 Å². The van der Waals surface area contributed by atoms with Crippen LogP contribution in [0.4, 0.5) is 4.39 Å². The maximum absolute atomic E-state index is 12.9. The van der Waals surface area contributed by atoms with Crippen molar-refractivity contribution in [2.24, 2.45) is 5.92 Å². The van der Waals surface area contributed by atoms with Gasteiger partial charge in [-0.15, -0.1) is 0 Å². The molecule has 2 aromatic rings. The number of carboxylic acid groups (broad SMARTS) is 1. The minimum atomic E-state index is -1.14. The molecule has 2 unspecified atom stereocenters. The van der Waals surface area contributed by atoms with Gasteiger partial charge in [0.25, 0.3) is 0 Å². The number of carboxylic acids is 1. The lowest BCUT2D eigenvalue weighted by atomic mass is 10.1. The van der Waals surface area contributed by atoms with Crippen molar-refractivity contribution < 1.29 is 23.5 Å². The van der Waals surface area contributed by atoms with Crippen LogP contribution in [-0.4, -0.2) is 17.0 Å². The largest absolute Gasteiger partial charge is 0.475 e. The summed E-state index contributed by atoms with van der Waals surface area (Å²) < 4.78 is 17.9. The lowest BCUT2D eigenvalue weighted by Crippen LogP contribution is -2.24. The van der Waals surface area contributed by atoms with E-state index >= 15 is 0 Å². The second kappa shape index (κ2) is 5.63. The number of benzene rings is 1. The average molecular weight is 303 g/mol. The molecule has 2 atom stereocenters. The van der Waals surface area contributed by atoms with E-state index in [1.54, 1.807) is 12.1 Å². The van der Waals surface area contributed by atoms with E-state index in [1.165, 1.54) is 24.3 Å². The Morgan fingerprint density at radius 3 is 2.59 bits per heavy atom. The second-order valence-electron chi connectivity index (χ2n) is 5.29. The van der Waals surface area contributed by atoms with Crippen molar-refractivity contribution in [3.8, 4) is 0 Å². The van der Waals surface area contributed by atoms with Gasteiger partial charge in [0, 0.05) is 5.92 Å². The molecule has 1 aromatic carbocycles. The summed E-state index contributed by atoms with van der Waals surface area (Å²) in [5, 5.41) is 11.5. The molecule has 6 heteroatoms. The summed E-state index contributed by atoms with van der Waals surface area (Å²) in [6.45, 7) is 0.152. The summed E-state index contributed by atoms with van der Waals surface area (Å²) >= 11 is 0. The summed E-state index contributed by atoms with van der Waals surface area (Å²) in [4.78, 5) is 22.7. The van der Waals surface area contributed by atoms with Crippen LogP contribution in [0.3, 0.4) is 0 Å². The molecule has 114 valence electrons. The minimum Gasteiger partial charge on any atom is -0.475 e. The van der Waals surface area contributed by atoms with Gasteiger partial charge in [-0.1, -0.05) is 12.1 Å². The second-order valence-corrected chi connectivity index (χ2v) is 5.29. The molecule has 1 aromatic heterocycles. The molecule has 5 nitrogen and oxygen atoms in total. The number of carbonyl (C=O) groups is 2. The number of nitrogens with one attached hydrogen (secondary N) is 1. The molecule has 1 aliphatic rings. The Hall–Kier alpha value is -2.63. The number of aromatic carboxylic acids is 1. The Bertz CT molecular complexity index is 707. The fourth-order valence-electron chi connectivity index (χ4n) is 2.46. The maximum Gasteiger partial charge on any atom is 0.371 e. The number of carbonyl (C=O) groups excluding carboxylic acids is 1. The molecule has 1 amide bonds. The Labute approximate surface area is 125 Å². The molecule has 0 aliphatic heterocycles. The van der Waals surface area contributed by atoms with E-state index in [9.17, 15) is 14.0 Å². The zero-order chi connectivity index (χ0) is 15.7. The lowest BCUT2D eigenvalue weighted by molar-refractivity contribution is -0.122. The Kier molecular flexibility index (Phi) is 3.66. The van der Waals surface area contributed by atoms with Gasteiger partial charge in [-0.3, -0.25) is 4.79 Å². The molecule has 1 fully saturated rings. The van der Waals surface area contributed by atoms with E-state index in [-0.39, 0.29) is 35.9 Å². The Morgan fingerprint density at radius 1 is 1.23 bits per heavy atom. The number of halogens is 1. The summed E-state index contributed by atoms with van der Waals surface area (Å²) in [7, 11) is 0. The smallest absolute Gasteiger partial charge is 0.371 e. The van der Waals surface area contributed by atoms with Crippen LogP contribution in [0.25, 0.3) is 0 Å². The van der Waals surface area contributed by atoms with Gasteiger partial charge in [-0.2, -0.15) is 0 Å². The van der Waals surface area contributed by atoms with Crippen LogP contribution >= 0.6 is 0 Å². The van der Waals surface area contributed by atoms with E-state index in [0.29, 0.717) is 5.76 Å². The van der Waals surface area contributed by atoms with Crippen molar-refractivity contribution in [2.45, 2.75) is 18.9 Å². The average Bonchev–Trinajstić information content (AvgIpc) is 3.15. The van der Waals surface area contributed by atoms with Crippen LogP contribution < -0.4 is 5.32 Å². The van der Waals surface area contributed by atoms with Crippen LogP contribution in [0, 0.1) is 11.7 Å². The molecule has 3 rings (SSSR count). The molecule has 1 saturated carbocycles. The van der Waals surface area contributed by atoms with Gasteiger partial charge in [-0.05, 0) is 42.2 Å². The molecule has 22 heavy (non-hydrogen) atoms. The quantitative estimate of drug-likeness (QED) is 0.889. The number of amides is 1. The molecule has 0 radical (unpaired) electrons. The fourth-order valence-corrected chi connectivity index (χ4v) is 2.46. The van der Waals surface area contributed by atoms with Crippen molar-refractivity contribution in [1.82, 2.24) is 5.32 Å². The molecule has 0 spiro atoms. The van der Waals surface area contributed by atoms with Gasteiger partial charge in [0.2, 0.25) is 11.7 Å². The molecule has 0 bridgehead atoms. The molecule has 0 saturated heterocycles. The summed E-state index contributed by atoms with van der Waals surface area (Å²) in [5.74, 6) is -1.31. The number of rotatable bonds is 5. The monoisotopic (exact) mass is 303 g/mol. The highest BCUT2D eigenvalue weighted by molar-refractivity contribution is 5.84. The third-order valence-electron chi connectivity index (χ3n) is 3.73. The number of hydrogen-bond acceptors (Lipinski definition) is 3. The highest BCUT2D eigenvalue weighted by Gasteiger charge is 2.43. The normalized spacial score (nSPS) is 19.7. The third kappa shape index (κ3) is 3.00. The minimum absolute atomic E-state index is 0.109. The first kappa shape index (κ1) is 14.3. The predicted molar refractivity (Wildman–Crippen MR) is 74.8 cm³/mol. The highest BCUT2D eigenvalue weighted by atomic mass is 19.1. The first-order valence-electron chi connectivity index (χ1n) is 6.90. The lowest BCUT2D eigenvalue weighted by Gasteiger charge is -2.03. The van der Waals surface area contributed by atoms with Crippen molar-refractivity contribution in [2.75, 3.05) is 0 Å². The first-order chi connectivity index (χ1) is 10.5. The predicted octanol–water partition coefficient (Wildman–Crippen LogP) is 2.54. The standard InChI is InChI=1S/C16H14FNO4/c17-10-3-1-9(2-4-10)12-7-13(12)15(19)18-8-11-5-6-14(22-11)16(20)21/h1-6,12-13H,7-8H2,(H,18,19)(H,20,21). The summed E-state index contributed by atoms with van der Waals surface area (Å²) in [5.41, 5.74) is 0.952. The molecule has 2 N–H and O–H groups in total. The van der Waals surface area contributed by atoms with Crippen LogP contribution in [0.2, 0.25) is 0 Å². The Balaban J connectivity index is 1.53. The van der Waals surface area contributed by atoms with E-state index in [4.69, 9.17) is 9.52 Å². The first-order valence-corrected chi connectivity index (χ1v) is 6.90. The van der Waals surface area contributed by atoms with Crippen LogP contribution in [0.1, 0.15) is 34.2 Å². The molecular formula is C16H14FNO4. The fraction of sp³-hybridized carbons (Fsp3) is 0.250. The van der Waals surface area contributed by atoms with Gasteiger partial charge in [0.05, 0.1) is 6.54 Å². The number of hydrogen-bond donors (Lipinski definition) is 2. The highest BCUT2D eigenvalue weighted by Crippen LogP contribution is 2.47. The van der Waals surface area contributed by atoms with Crippen LogP contribution in [-0.2, 0) is 11.3 Å². The van der Waals surface area contributed by atoms with E-state index in [2.05, 4.69) is 5.32 Å². The third-order valence-corrected chi connectivity index (χ3v) is 3.73. The van der Waals surface area contributed by atoms with Gasteiger partial charge in [-0.25, -0.2) is 9.18 Å². The van der Waals surface area contributed by atoms with Crippen LogP contribution in [0.5, 0.6) is 0 Å². The topological polar surface area (TPSA) is 79.5 Å². The SMILES string of the molecule is O=C(O)c1ccc(CNC(=O)C2CC2c2ccc(F)cc2)o1. The van der Waals surface area contributed by atoms with Crippen molar-refractivity contribution >= 4 is 11.9 Å². The van der Waals surface area contributed by atoms with Gasteiger partial charge >= 0.3 is 5.97 Å². The maximum atomic E-state index is 12.9.